The fourth-order valence-electron chi connectivity index (χ4n) is 1.81. The molecule has 2 rings (SSSR count). The second-order valence-corrected chi connectivity index (χ2v) is 5.60. The van der Waals surface area contributed by atoms with Crippen LogP contribution in [-0.4, -0.2) is 17.0 Å². The van der Waals surface area contributed by atoms with Gasteiger partial charge in [-0.2, -0.15) is 0 Å². The SMILES string of the molecule is Cc1sc(NC(=O)c2cc(F)ccc2F)c(C(=O)O)c1C. The Bertz CT molecular complexity index is 740. The van der Waals surface area contributed by atoms with Crippen LogP contribution in [-0.2, 0) is 0 Å². The number of anilines is 1. The Morgan fingerprint density at radius 1 is 1.24 bits per heavy atom. The molecule has 1 aromatic carbocycles. The average Bonchev–Trinajstić information content (AvgIpc) is 2.67. The van der Waals surface area contributed by atoms with E-state index in [0.29, 0.717) is 5.56 Å². The molecule has 0 aliphatic carbocycles. The molecular weight excluding hydrogens is 300 g/mol. The first kappa shape index (κ1) is 15.1. The normalized spacial score (nSPS) is 10.5. The molecule has 0 atom stereocenters. The molecule has 2 N–H and O–H groups in total. The van der Waals surface area contributed by atoms with Gasteiger partial charge in [0.1, 0.15) is 16.6 Å². The molecule has 0 radical (unpaired) electrons. The predicted molar refractivity (Wildman–Crippen MR) is 75.1 cm³/mol. The third kappa shape index (κ3) is 2.92. The number of nitrogens with one attached hydrogen (secondary N) is 1. The van der Waals surface area contributed by atoms with Gasteiger partial charge in [-0.1, -0.05) is 0 Å². The van der Waals surface area contributed by atoms with E-state index in [2.05, 4.69) is 5.32 Å². The monoisotopic (exact) mass is 311 g/mol. The van der Waals surface area contributed by atoms with E-state index >= 15 is 0 Å². The summed E-state index contributed by atoms with van der Waals surface area (Å²) in [5.74, 6) is -3.71. The van der Waals surface area contributed by atoms with Crippen LogP contribution in [0.4, 0.5) is 13.8 Å². The summed E-state index contributed by atoms with van der Waals surface area (Å²) in [6, 6.07) is 2.50. The van der Waals surface area contributed by atoms with Crippen molar-refractivity contribution in [1.29, 1.82) is 0 Å². The van der Waals surface area contributed by atoms with Gasteiger partial charge in [-0.3, -0.25) is 4.79 Å². The van der Waals surface area contributed by atoms with Crippen molar-refractivity contribution in [3.63, 3.8) is 0 Å². The number of hydrogen-bond acceptors (Lipinski definition) is 3. The topological polar surface area (TPSA) is 66.4 Å². The molecular formula is C14H11F2NO3S. The minimum atomic E-state index is -1.19. The lowest BCUT2D eigenvalue weighted by molar-refractivity contribution is 0.0697. The highest BCUT2D eigenvalue weighted by molar-refractivity contribution is 7.16. The van der Waals surface area contributed by atoms with E-state index in [9.17, 15) is 18.4 Å². The number of aryl methyl sites for hydroxylation is 1. The highest BCUT2D eigenvalue weighted by Gasteiger charge is 2.22. The van der Waals surface area contributed by atoms with E-state index in [4.69, 9.17) is 5.11 Å². The largest absolute Gasteiger partial charge is 0.478 e. The van der Waals surface area contributed by atoms with E-state index < -0.39 is 29.1 Å². The summed E-state index contributed by atoms with van der Waals surface area (Å²) in [7, 11) is 0. The molecule has 7 heteroatoms. The fraction of sp³-hybridized carbons (Fsp3) is 0.143. The molecule has 0 fully saturated rings. The highest BCUT2D eigenvalue weighted by Crippen LogP contribution is 2.32. The van der Waals surface area contributed by atoms with Gasteiger partial charge >= 0.3 is 5.97 Å². The molecule has 0 aliphatic rings. The number of hydrogen-bond donors (Lipinski definition) is 2. The number of carbonyl (C=O) groups is 2. The summed E-state index contributed by atoms with van der Waals surface area (Å²) in [4.78, 5) is 23.9. The van der Waals surface area contributed by atoms with Crippen molar-refractivity contribution < 1.29 is 23.5 Å². The molecule has 21 heavy (non-hydrogen) atoms. The Morgan fingerprint density at radius 3 is 2.52 bits per heavy atom. The van der Waals surface area contributed by atoms with Crippen LogP contribution < -0.4 is 5.32 Å². The standard InChI is InChI=1S/C14H11F2NO3S/c1-6-7(2)21-13(11(6)14(19)20)17-12(18)9-5-8(15)3-4-10(9)16/h3-5H,1-2H3,(H,17,18)(H,19,20). The molecule has 1 heterocycles. The van der Waals surface area contributed by atoms with Crippen LogP contribution in [0.1, 0.15) is 31.2 Å². The molecule has 0 aliphatic heterocycles. The number of benzene rings is 1. The van der Waals surface area contributed by atoms with Gasteiger partial charge in [-0.25, -0.2) is 13.6 Å². The number of rotatable bonds is 3. The number of carbonyl (C=O) groups excluding carboxylic acids is 1. The number of carboxylic acids is 1. The minimum Gasteiger partial charge on any atom is -0.478 e. The van der Waals surface area contributed by atoms with E-state index in [0.717, 1.165) is 34.4 Å². The van der Waals surface area contributed by atoms with Crippen molar-refractivity contribution in [2.45, 2.75) is 13.8 Å². The third-order valence-corrected chi connectivity index (χ3v) is 4.12. The van der Waals surface area contributed by atoms with Crippen LogP contribution in [0.15, 0.2) is 18.2 Å². The summed E-state index contributed by atoms with van der Waals surface area (Å²) < 4.78 is 26.6. The maximum atomic E-state index is 13.5. The predicted octanol–water partition coefficient (Wildman–Crippen LogP) is 3.59. The van der Waals surface area contributed by atoms with Crippen LogP contribution in [0.2, 0.25) is 0 Å². The van der Waals surface area contributed by atoms with Gasteiger partial charge in [0.25, 0.3) is 5.91 Å². The number of halogens is 2. The molecule has 1 aromatic heterocycles. The van der Waals surface area contributed by atoms with Crippen molar-refractivity contribution in [3.8, 4) is 0 Å². The highest BCUT2D eigenvalue weighted by atomic mass is 32.1. The molecule has 0 saturated heterocycles. The average molecular weight is 311 g/mol. The summed E-state index contributed by atoms with van der Waals surface area (Å²) >= 11 is 1.07. The first-order chi connectivity index (χ1) is 9.81. The molecule has 4 nitrogen and oxygen atoms in total. The van der Waals surface area contributed by atoms with Gasteiger partial charge in [0.2, 0.25) is 0 Å². The smallest absolute Gasteiger partial charge is 0.338 e. The van der Waals surface area contributed by atoms with Gasteiger partial charge in [-0.05, 0) is 37.6 Å². The second-order valence-electron chi connectivity index (χ2n) is 4.37. The number of aromatic carboxylic acids is 1. The number of carboxylic acid groups (broad SMARTS) is 1. The Hall–Kier alpha value is -2.28. The van der Waals surface area contributed by atoms with Crippen molar-refractivity contribution in [2.24, 2.45) is 0 Å². The lowest BCUT2D eigenvalue weighted by Crippen LogP contribution is -2.15. The van der Waals surface area contributed by atoms with Crippen LogP contribution in [0.5, 0.6) is 0 Å². The number of amides is 1. The lowest BCUT2D eigenvalue weighted by atomic mass is 10.1. The third-order valence-electron chi connectivity index (χ3n) is 3.00. The quantitative estimate of drug-likeness (QED) is 0.910. The van der Waals surface area contributed by atoms with Crippen LogP contribution >= 0.6 is 11.3 Å². The molecule has 0 bridgehead atoms. The van der Waals surface area contributed by atoms with E-state index in [1.165, 1.54) is 0 Å². The van der Waals surface area contributed by atoms with E-state index in [-0.39, 0.29) is 10.6 Å². The first-order valence-electron chi connectivity index (χ1n) is 5.91. The van der Waals surface area contributed by atoms with Crippen LogP contribution in [0, 0.1) is 25.5 Å². The maximum absolute atomic E-state index is 13.5. The maximum Gasteiger partial charge on any atom is 0.338 e. The fourth-order valence-corrected chi connectivity index (χ4v) is 2.86. The minimum absolute atomic E-state index is 0.0392. The summed E-state index contributed by atoms with van der Waals surface area (Å²) in [5, 5.41) is 11.6. The summed E-state index contributed by atoms with van der Waals surface area (Å²) in [5.41, 5.74) is 0.0141. The molecule has 0 spiro atoms. The van der Waals surface area contributed by atoms with Gasteiger partial charge in [0.05, 0.1) is 11.1 Å². The zero-order chi connectivity index (χ0) is 15.7. The van der Waals surface area contributed by atoms with Gasteiger partial charge in [0, 0.05) is 4.88 Å². The Balaban J connectivity index is 2.38. The molecule has 0 unspecified atom stereocenters. The zero-order valence-corrected chi connectivity index (χ0v) is 12.0. The summed E-state index contributed by atoms with van der Waals surface area (Å²) in [6.45, 7) is 3.33. The van der Waals surface area contributed by atoms with E-state index in [1.807, 2.05) is 0 Å². The van der Waals surface area contributed by atoms with Gasteiger partial charge in [-0.15, -0.1) is 11.3 Å². The second kappa shape index (κ2) is 5.61. The van der Waals surface area contributed by atoms with Gasteiger partial charge < -0.3 is 10.4 Å². The molecule has 0 saturated carbocycles. The van der Waals surface area contributed by atoms with Crippen LogP contribution in [0.25, 0.3) is 0 Å². The Labute approximate surface area is 123 Å². The lowest BCUT2D eigenvalue weighted by Gasteiger charge is -2.06. The molecule has 110 valence electrons. The first-order valence-corrected chi connectivity index (χ1v) is 6.72. The Kier molecular flexibility index (Phi) is 4.04. The Morgan fingerprint density at radius 2 is 1.90 bits per heavy atom. The van der Waals surface area contributed by atoms with Crippen molar-refractivity contribution >= 4 is 28.2 Å². The molecule has 1 amide bonds. The van der Waals surface area contributed by atoms with Crippen molar-refractivity contribution in [2.75, 3.05) is 5.32 Å². The summed E-state index contributed by atoms with van der Waals surface area (Å²) in [6.07, 6.45) is 0. The van der Waals surface area contributed by atoms with Crippen LogP contribution in [0.3, 0.4) is 0 Å². The van der Waals surface area contributed by atoms with E-state index in [1.54, 1.807) is 13.8 Å². The van der Waals surface area contributed by atoms with Gasteiger partial charge in [0.15, 0.2) is 0 Å². The zero-order valence-electron chi connectivity index (χ0n) is 11.2. The molecule has 2 aromatic rings. The van der Waals surface area contributed by atoms with Crippen molar-refractivity contribution in [3.05, 3.63) is 51.4 Å². The number of thiophene rings is 1. The van der Waals surface area contributed by atoms with Crippen molar-refractivity contribution in [1.82, 2.24) is 0 Å².